The number of aryl methyl sites for hydroxylation is 1. The third-order valence-electron chi connectivity index (χ3n) is 3.49. The third-order valence-corrected chi connectivity index (χ3v) is 3.49. The molecule has 0 unspecified atom stereocenters. The van der Waals surface area contributed by atoms with Gasteiger partial charge in [0.2, 0.25) is 0 Å². The van der Waals surface area contributed by atoms with E-state index in [0.717, 1.165) is 35.8 Å². The second kappa shape index (κ2) is 5.91. The second-order valence-electron chi connectivity index (χ2n) is 5.22. The quantitative estimate of drug-likeness (QED) is 0.797. The summed E-state index contributed by atoms with van der Waals surface area (Å²) in [5.41, 5.74) is 3.28. The van der Waals surface area contributed by atoms with Crippen molar-refractivity contribution < 1.29 is 9.90 Å². The van der Waals surface area contributed by atoms with Crippen LogP contribution in [0.3, 0.4) is 0 Å². The van der Waals surface area contributed by atoms with E-state index in [1.807, 2.05) is 13.0 Å². The molecule has 1 N–H and O–H groups in total. The van der Waals surface area contributed by atoms with Gasteiger partial charge in [-0.1, -0.05) is 11.6 Å². The first kappa shape index (κ1) is 13.7. The first-order valence-electron chi connectivity index (χ1n) is 6.86. The smallest absolute Gasteiger partial charge is 0.328 e. The molecule has 1 fully saturated rings. The van der Waals surface area contributed by atoms with Crippen molar-refractivity contribution in [2.75, 3.05) is 18.0 Å². The lowest BCUT2D eigenvalue weighted by molar-refractivity contribution is -0.131. The fourth-order valence-electron chi connectivity index (χ4n) is 2.27. The number of nitrogens with zero attached hydrogens (tertiary/aromatic N) is 1. The Labute approximate surface area is 114 Å². The maximum absolute atomic E-state index is 10.7. The fourth-order valence-corrected chi connectivity index (χ4v) is 2.27. The number of hydrogen-bond acceptors (Lipinski definition) is 2. The molecule has 2 rings (SSSR count). The molecule has 0 amide bonds. The van der Waals surface area contributed by atoms with Crippen LogP contribution in [-0.2, 0) is 4.79 Å². The summed E-state index contributed by atoms with van der Waals surface area (Å²) in [7, 11) is 0. The molecular formula is C16H21NO2. The molecule has 0 radical (unpaired) electrons. The Morgan fingerprint density at radius 2 is 2.21 bits per heavy atom. The summed E-state index contributed by atoms with van der Waals surface area (Å²) >= 11 is 0. The minimum Gasteiger partial charge on any atom is -0.478 e. The zero-order chi connectivity index (χ0) is 13.8. The first-order valence-corrected chi connectivity index (χ1v) is 6.86. The van der Waals surface area contributed by atoms with Crippen molar-refractivity contribution in [3.05, 3.63) is 35.4 Å². The van der Waals surface area contributed by atoms with Gasteiger partial charge in [0.15, 0.2) is 0 Å². The summed E-state index contributed by atoms with van der Waals surface area (Å²) in [5.74, 6) is -0.0877. The van der Waals surface area contributed by atoms with Gasteiger partial charge in [-0.25, -0.2) is 4.79 Å². The molecule has 3 nitrogen and oxygen atoms in total. The number of benzene rings is 1. The topological polar surface area (TPSA) is 40.5 Å². The largest absolute Gasteiger partial charge is 0.478 e. The Morgan fingerprint density at radius 1 is 1.47 bits per heavy atom. The van der Waals surface area contributed by atoms with E-state index in [1.54, 1.807) is 6.08 Å². The molecule has 0 aromatic heterocycles. The predicted octanol–water partition coefficient (Wildman–Crippen LogP) is 3.33. The van der Waals surface area contributed by atoms with Crippen LogP contribution in [0.15, 0.2) is 24.3 Å². The molecule has 1 aromatic rings. The highest BCUT2D eigenvalue weighted by Crippen LogP contribution is 2.32. The van der Waals surface area contributed by atoms with Gasteiger partial charge in [-0.15, -0.1) is 0 Å². The molecule has 0 aliphatic heterocycles. The summed E-state index contributed by atoms with van der Waals surface area (Å²) in [6.45, 7) is 6.20. The molecule has 102 valence electrons. The fraction of sp³-hybridized carbons (Fsp3) is 0.438. The van der Waals surface area contributed by atoms with Gasteiger partial charge in [-0.05, 0) is 56.4 Å². The first-order chi connectivity index (χ1) is 9.10. The maximum Gasteiger partial charge on any atom is 0.328 e. The lowest BCUT2D eigenvalue weighted by atomic mass is 10.1. The minimum atomic E-state index is -0.905. The molecule has 0 heterocycles. The molecule has 19 heavy (non-hydrogen) atoms. The van der Waals surface area contributed by atoms with E-state index in [-0.39, 0.29) is 0 Å². The second-order valence-corrected chi connectivity index (χ2v) is 5.22. The molecule has 0 spiro atoms. The highest BCUT2D eigenvalue weighted by Gasteiger charge is 2.24. The summed E-state index contributed by atoms with van der Waals surface area (Å²) in [4.78, 5) is 13.0. The Kier molecular flexibility index (Phi) is 4.25. The van der Waals surface area contributed by atoms with E-state index >= 15 is 0 Å². The standard InChI is InChI=1S/C16H21NO2/c1-3-17(11-13-5-6-13)15-8-4-12(2)10-14(15)7-9-16(18)19/h4,7-10,13H,3,5-6,11H2,1-2H3,(H,18,19)/b9-7+. The Bertz CT molecular complexity index is 490. The average Bonchev–Trinajstić information content (AvgIpc) is 3.18. The number of carboxylic acid groups (broad SMARTS) is 1. The molecule has 0 bridgehead atoms. The Hall–Kier alpha value is -1.77. The highest BCUT2D eigenvalue weighted by molar-refractivity contribution is 5.87. The number of aliphatic carboxylic acids is 1. The zero-order valence-corrected chi connectivity index (χ0v) is 11.6. The van der Waals surface area contributed by atoms with Gasteiger partial charge in [-0.2, -0.15) is 0 Å². The molecule has 1 aliphatic rings. The van der Waals surface area contributed by atoms with E-state index in [2.05, 4.69) is 24.0 Å². The van der Waals surface area contributed by atoms with Crippen LogP contribution in [-0.4, -0.2) is 24.2 Å². The van der Waals surface area contributed by atoms with Crippen LogP contribution in [0.25, 0.3) is 6.08 Å². The van der Waals surface area contributed by atoms with Gasteiger partial charge in [0.05, 0.1) is 0 Å². The van der Waals surface area contributed by atoms with E-state index in [1.165, 1.54) is 18.9 Å². The summed E-state index contributed by atoms with van der Waals surface area (Å²) in [6, 6.07) is 6.23. The van der Waals surface area contributed by atoms with E-state index in [0.29, 0.717) is 0 Å². The van der Waals surface area contributed by atoms with Gasteiger partial charge >= 0.3 is 5.97 Å². The highest BCUT2D eigenvalue weighted by atomic mass is 16.4. The Morgan fingerprint density at radius 3 is 2.79 bits per heavy atom. The monoisotopic (exact) mass is 259 g/mol. The van der Waals surface area contributed by atoms with E-state index < -0.39 is 5.97 Å². The molecule has 0 atom stereocenters. The molecule has 0 saturated heterocycles. The molecule has 3 heteroatoms. The van der Waals surface area contributed by atoms with Crippen molar-refractivity contribution in [1.29, 1.82) is 0 Å². The summed E-state index contributed by atoms with van der Waals surface area (Å²) < 4.78 is 0. The van der Waals surface area contributed by atoms with Crippen LogP contribution in [0.2, 0.25) is 0 Å². The van der Waals surface area contributed by atoms with Crippen LogP contribution in [0.5, 0.6) is 0 Å². The van der Waals surface area contributed by atoms with Crippen molar-refractivity contribution in [1.82, 2.24) is 0 Å². The number of carboxylic acids is 1. The summed E-state index contributed by atoms with van der Waals surface area (Å²) in [5, 5.41) is 8.79. The summed E-state index contributed by atoms with van der Waals surface area (Å²) in [6.07, 6.45) is 5.55. The molecular weight excluding hydrogens is 238 g/mol. The number of hydrogen-bond donors (Lipinski definition) is 1. The van der Waals surface area contributed by atoms with Crippen molar-refractivity contribution in [3.63, 3.8) is 0 Å². The van der Waals surface area contributed by atoms with Crippen LogP contribution >= 0.6 is 0 Å². The van der Waals surface area contributed by atoms with Gasteiger partial charge < -0.3 is 10.0 Å². The number of carbonyl (C=O) groups is 1. The maximum atomic E-state index is 10.7. The Balaban J connectivity index is 2.28. The van der Waals surface area contributed by atoms with Gasteiger partial charge in [0.25, 0.3) is 0 Å². The van der Waals surface area contributed by atoms with E-state index in [4.69, 9.17) is 5.11 Å². The van der Waals surface area contributed by atoms with Crippen molar-refractivity contribution in [2.45, 2.75) is 26.7 Å². The third kappa shape index (κ3) is 3.85. The normalized spacial score (nSPS) is 14.8. The van der Waals surface area contributed by atoms with Gasteiger partial charge in [0, 0.05) is 24.9 Å². The molecule has 1 aromatic carbocycles. The van der Waals surface area contributed by atoms with Crippen LogP contribution in [0, 0.1) is 12.8 Å². The van der Waals surface area contributed by atoms with Gasteiger partial charge in [0.1, 0.15) is 0 Å². The van der Waals surface area contributed by atoms with Crippen molar-refractivity contribution in [3.8, 4) is 0 Å². The lowest BCUT2D eigenvalue weighted by Gasteiger charge is -2.25. The molecule has 1 aliphatic carbocycles. The zero-order valence-electron chi connectivity index (χ0n) is 11.6. The average molecular weight is 259 g/mol. The number of anilines is 1. The van der Waals surface area contributed by atoms with Crippen LogP contribution in [0.1, 0.15) is 30.9 Å². The molecule has 1 saturated carbocycles. The number of rotatable bonds is 6. The minimum absolute atomic E-state index is 0.817. The van der Waals surface area contributed by atoms with Crippen LogP contribution in [0.4, 0.5) is 5.69 Å². The van der Waals surface area contributed by atoms with Crippen molar-refractivity contribution in [2.24, 2.45) is 5.92 Å². The van der Waals surface area contributed by atoms with E-state index in [9.17, 15) is 4.79 Å². The SMILES string of the molecule is CCN(CC1CC1)c1ccc(C)cc1/C=C/C(=O)O. The lowest BCUT2D eigenvalue weighted by Crippen LogP contribution is -2.25. The predicted molar refractivity (Wildman–Crippen MR) is 78.5 cm³/mol. The van der Waals surface area contributed by atoms with Gasteiger partial charge in [-0.3, -0.25) is 0 Å². The van der Waals surface area contributed by atoms with Crippen LogP contribution < -0.4 is 4.90 Å². The van der Waals surface area contributed by atoms with Crippen molar-refractivity contribution >= 4 is 17.7 Å².